The van der Waals surface area contributed by atoms with Crippen LogP contribution in [-0.4, -0.2) is 24.4 Å². The summed E-state index contributed by atoms with van der Waals surface area (Å²) in [7, 11) is 1.71. The van der Waals surface area contributed by atoms with Crippen LogP contribution in [0.15, 0.2) is 39.5 Å². The molecule has 0 spiro atoms. The lowest BCUT2D eigenvalue weighted by Crippen LogP contribution is -2.32. The molecule has 1 amide bonds. The summed E-state index contributed by atoms with van der Waals surface area (Å²) in [6.45, 7) is 4.83. The third-order valence-electron chi connectivity index (χ3n) is 3.26. The predicted octanol–water partition coefficient (Wildman–Crippen LogP) is 2.91. The monoisotopic (exact) mass is 273 g/mol. The minimum absolute atomic E-state index is 0.0926. The van der Waals surface area contributed by atoms with Crippen molar-refractivity contribution in [1.82, 2.24) is 4.90 Å². The fourth-order valence-electron chi connectivity index (χ4n) is 1.97. The van der Waals surface area contributed by atoms with Crippen molar-refractivity contribution in [3.63, 3.8) is 0 Å². The van der Waals surface area contributed by atoms with Gasteiger partial charge in [0, 0.05) is 19.0 Å². The second-order valence-corrected chi connectivity index (χ2v) is 5.39. The lowest BCUT2D eigenvalue weighted by Gasteiger charge is -2.17. The first-order valence-electron chi connectivity index (χ1n) is 6.77. The first kappa shape index (κ1) is 14.3. The smallest absolute Gasteiger partial charge is 0.349 e. The van der Waals surface area contributed by atoms with Gasteiger partial charge in [0.15, 0.2) is 0 Å². The molecule has 0 unspecified atom stereocenters. The maximum atomic E-state index is 12.3. The van der Waals surface area contributed by atoms with Gasteiger partial charge in [0.1, 0.15) is 11.1 Å². The summed E-state index contributed by atoms with van der Waals surface area (Å²) in [4.78, 5) is 25.8. The van der Waals surface area contributed by atoms with Crippen LogP contribution < -0.4 is 5.63 Å². The Kier molecular flexibility index (Phi) is 4.23. The highest BCUT2D eigenvalue weighted by molar-refractivity contribution is 5.96. The van der Waals surface area contributed by atoms with Gasteiger partial charge in [-0.3, -0.25) is 4.79 Å². The molecule has 0 saturated heterocycles. The molecule has 0 atom stereocenters. The van der Waals surface area contributed by atoms with Crippen LogP contribution in [-0.2, 0) is 0 Å². The Balaban J connectivity index is 2.30. The van der Waals surface area contributed by atoms with E-state index < -0.39 is 5.63 Å². The standard InChI is InChI=1S/C16H19NO3/c1-11(2)8-9-17(3)15(18)13-10-12-6-4-5-7-14(12)20-16(13)19/h4-7,10-11H,8-9H2,1-3H3. The molecule has 0 radical (unpaired) electrons. The van der Waals surface area contributed by atoms with Gasteiger partial charge in [0.05, 0.1) is 0 Å². The van der Waals surface area contributed by atoms with Crippen LogP contribution in [0.2, 0.25) is 0 Å². The number of hydrogen-bond acceptors (Lipinski definition) is 3. The Labute approximate surface area is 118 Å². The van der Waals surface area contributed by atoms with E-state index in [2.05, 4.69) is 13.8 Å². The Morgan fingerprint density at radius 2 is 2.00 bits per heavy atom. The largest absolute Gasteiger partial charge is 0.422 e. The normalized spacial score (nSPS) is 11.0. The fourth-order valence-corrected chi connectivity index (χ4v) is 1.97. The number of hydrogen-bond donors (Lipinski definition) is 0. The van der Waals surface area contributed by atoms with Gasteiger partial charge in [-0.15, -0.1) is 0 Å². The highest BCUT2D eigenvalue weighted by Crippen LogP contribution is 2.13. The summed E-state index contributed by atoms with van der Waals surface area (Å²) in [5.74, 6) is 0.225. The van der Waals surface area contributed by atoms with Crippen LogP contribution in [0, 0.1) is 5.92 Å². The molecule has 0 fully saturated rings. The van der Waals surface area contributed by atoms with Gasteiger partial charge in [-0.05, 0) is 24.5 Å². The molecule has 0 aliphatic carbocycles. The molecule has 0 N–H and O–H groups in total. The number of benzene rings is 1. The molecule has 0 aliphatic heterocycles. The lowest BCUT2D eigenvalue weighted by atomic mass is 10.1. The average Bonchev–Trinajstić information content (AvgIpc) is 2.43. The molecule has 1 aromatic carbocycles. The number of amides is 1. The van der Waals surface area contributed by atoms with Gasteiger partial charge in [0.2, 0.25) is 0 Å². The molecule has 1 aromatic heterocycles. The van der Waals surface area contributed by atoms with E-state index in [-0.39, 0.29) is 11.5 Å². The first-order valence-corrected chi connectivity index (χ1v) is 6.77. The van der Waals surface area contributed by atoms with Crippen LogP contribution in [0.25, 0.3) is 11.0 Å². The van der Waals surface area contributed by atoms with E-state index in [4.69, 9.17) is 4.42 Å². The van der Waals surface area contributed by atoms with Crippen LogP contribution in [0.3, 0.4) is 0 Å². The Morgan fingerprint density at radius 1 is 1.30 bits per heavy atom. The molecule has 20 heavy (non-hydrogen) atoms. The quantitative estimate of drug-likeness (QED) is 0.805. The van der Waals surface area contributed by atoms with E-state index in [0.29, 0.717) is 18.0 Å². The van der Waals surface area contributed by atoms with Crippen molar-refractivity contribution in [2.75, 3.05) is 13.6 Å². The first-order chi connectivity index (χ1) is 9.49. The number of para-hydroxylation sites is 1. The molecule has 0 bridgehead atoms. The summed E-state index contributed by atoms with van der Waals surface area (Å²) in [6.07, 6.45) is 0.904. The van der Waals surface area contributed by atoms with E-state index >= 15 is 0 Å². The third kappa shape index (κ3) is 3.07. The van der Waals surface area contributed by atoms with Crippen LogP contribution in [0.5, 0.6) is 0 Å². The van der Waals surface area contributed by atoms with E-state index in [9.17, 15) is 9.59 Å². The van der Waals surface area contributed by atoms with E-state index in [0.717, 1.165) is 11.8 Å². The van der Waals surface area contributed by atoms with Crippen LogP contribution >= 0.6 is 0 Å². The third-order valence-corrected chi connectivity index (χ3v) is 3.26. The molecule has 1 heterocycles. The summed E-state index contributed by atoms with van der Waals surface area (Å²) >= 11 is 0. The zero-order valence-electron chi connectivity index (χ0n) is 12.1. The number of nitrogens with zero attached hydrogens (tertiary/aromatic N) is 1. The van der Waals surface area contributed by atoms with E-state index in [1.54, 1.807) is 30.1 Å². The van der Waals surface area contributed by atoms with Crippen molar-refractivity contribution in [3.05, 3.63) is 46.3 Å². The average molecular weight is 273 g/mol. The molecule has 2 aromatic rings. The molecule has 4 heteroatoms. The number of fused-ring (bicyclic) bond motifs is 1. The van der Waals surface area contributed by atoms with Crippen molar-refractivity contribution in [2.45, 2.75) is 20.3 Å². The van der Waals surface area contributed by atoms with E-state index in [1.165, 1.54) is 0 Å². The molecule has 2 rings (SSSR count). The minimum Gasteiger partial charge on any atom is -0.422 e. The molecule has 4 nitrogen and oxygen atoms in total. The molecule has 106 valence electrons. The lowest BCUT2D eigenvalue weighted by molar-refractivity contribution is 0.0785. The molecule has 0 aliphatic rings. The van der Waals surface area contributed by atoms with Gasteiger partial charge in [-0.25, -0.2) is 4.79 Å². The Morgan fingerprint density at radius 3 is 2.70 bits per heavy atom. The zero-order valence-corrected chi connectivity index (χ0v) is 12.1. The van der Waals surface area contributed by atoms with Gasteiger partial charge in [-0.1, -0.05) is 32.0 Å². The predicted molar refractivity (Wildman–Crippen MR) is 78.9 cm³/mol. The number of carbonyl (C=O) groups excluding carboxylic acids is 1. The highest BCUT2D eigenvalue weighted by atomic mass is 16.4. The van der Waals surface area contributed by atoms with Crippen molar-refractivity contribution in [2.24, 2.45) is 5.92 Å². The topological polar surface area (TPSA) is 50.5 Å². The van der Waals surface area contributed by atoms with Crippen molar-refractivity contribution < 1.29 is 9.21 Å². The maximum absolute atomic E-state index is 12.3. The fraction of sp³-hybridized carbons (Fsp3) is 0.375. The maximum Gasteiger partial charge on any atom is 0.349 e. The SMILES string of the molecule is CC(C)CCN(C)C(=O)c1cc2ccccc2oc1=O. The molecular formula is C16H19NO3. The molecular weight excluding hydrogens is 254 g/mol. The summed E-state index contributed by atoms with van der Waals surface area (Å²) in [5, 5.41) is 0.757. The van der Waals surface area contributed by atoms with E-state index in [1.807, 2.05) is 12.1 Å². The van der Waals surface area contributed by atoms with Gasteiger partial charge in [0.25, 0.3) is 5.91 Å². The minimum atomic E-state index is -0.579. The van der Waals surface area contributed by atoms with Crippen molar-refractivity contribution in [1.29, 1.82) is 0 Å². The second kappa shape index (κ2) is 5.90. The van der Waals surface area contributed by atoms with Gasteiger partial charge >= 0.3 is 5.63 Å². The van der Waals surface area contributed by atoms with Crippen LogP contribution in [0.1, 0.15) is 30.6 Å². The second-order valence-electron chi connectivity index (χ2n) is 5.39. The van der Waals surface area contributed by atoms with Gasteiger partial charge in [-0.2, -0.15) is 0 Å². The number of carbonyl (C=O) groups is 1. The summed E-state index contributed by atoms with van der Waals surface area (Å²) < 4.78 is 5.19. The van der Waals surface area contributed by atoms with Crippen molar-refractivity contribution >= 4 is 16.9 Å². The Bertz CT molecular complexity index is 673. The number of rotatable bonds is 4. The van der Waals surface area contributed by atoms with Crippen molar-refractivity contribution in [3.8, 4) is 0 Å². The summed E-state index contributed by atoms with van der Waals surface area (Å²) in [5.41, 5.74) is 0.0129. The van der Waals surface area contributed by atoms with Crippen LogP contribution in [0.4, 0.5) is 0 Å². The zero-order chi connectivity index (χ0) is 14.7. The summed E-state index contributed by atoms with van der Waals surface area (Å²) in [6, 6.07) is 8.78. The Hall–Kier alpha value is -2.10. The van der Waals surface area contributed by atoms with Gasteiger partial charge < -0.3 is 9.32 Å². The molecule has 0 saturated carbocycles. The highest BCUT2D eigenvalue weighted by Gasteiger charge is 2.17.